The quantitative estimate of drug-likeness (QED) is 0.819. The van der Waals surface area contributed by atoms with Gasteiger partial charge >= 0.3 is 0 Å². The lowest BCUT2D eigenvalue weighted by molar-refractivity contribution is 0.0922. The molecule has 1 amide bonds. The van der Waals surface area contributed by atoms with Crippen molar-refractivity contribution in [3.63, 3.8) is 0 Å². The van der Waals surface area contributed by atoms with Crippen LogP contribution in [-0.4, -0.2) is 11.9 Å². The van der Waals surface area contributed by atoms with Crippen LogP contribution in [0.15, 0.2) is 18.2 Å². The van der Waals surface area contributed by atoms with Crippen LogP contribution in [0.1, 0.15) is 54.9 Å². The van der Waals surface area contributed by atoms with Gasteiger partial charge in [-0.3, -0.25) is 4.79 Å². The standard InChI is InChI=1S/C16H24N2O/c1-3-12-5-7-13(8-6-12)18-16(19)14-10-11(2)4-9-15(14)17/h4,9-10,12-13H,3,5-8,17H2,1-2H3,(H,18,19). The summed E-state index contributed by atoms with van der Waals surface area (Å²) in [6.07, 6.45) is 5.90. The van der Waals surface area contributed by atoms with Crippen LogP contribution in [0.25, 0.3) is 0 Å². The summed E-state index contributed by atoms with van der Waals surface area (Å²) in [5.41, 5.74) is 8.11. The Labute approximate surface area is 115 Å². The van der Waals surface area contributed by atoms with Crippen molar-refractivity contribution >= 4 is 11.6 Å². The zero-order chi connectivity index (χ0) is 13.8. The smallest absolute Gasteiger partial charge is 0.253 e. The van der Waals surface area contributed by atoms with Crippen LogP contribution in [0, 0.1) is 12.8 Å². The van der Waals surface area contributed by atoms with Gasteiger partial charge in [0.05, 0.1) is 5.56 Å². The highest BCUT2D eigenvalue weighted by atomic mass is 16.1. The van der Waals surface area contributed by atoms with Crippen LogP contribution in [0.5, 0.6) is 0 Å². The molecule has 1 fully saturated rings. The number of hydrogen-bond acceptors (Lipinski definition) is 2. The summed E-state index contributed by atoms with van der Waals surface area (Å²) < 4.78 is 0. The number of carbonyl (C=O) groups excluding carboxylic acids is 1. The summed E-state index contributed by atoms with van der Waals surface area (Å²) in [7, 11) is 0. The number of rotatable bonds is 3. The van der Waals surface area contributed by atoms with Crippen LogP contribution >= 0.6 is 0 Å². The second-order valence-corrected chi connectivity index (χ2v) is 5.69. The molecule has 0 aromatic heterocycles. The zero-order valence-electron chi connectivity index (χ0n) is 11.9. The van der Waals surface area contributed by atoms with Gasteiger partial charge in [0.2, 0.25) is 0 Å². The van der Waals surface area contributed by atoms with E-state index in [4.69, 9.17) is 5.73 Å². The van der Waals surface area contributed by atoms with E-state index in [1.54, 1.807) is 6.07 Å². The molecule has 0 radical (unpaired) electrons. The molecular formula is C16H24N2O. The molecule has 0 heterocycles. The summed E-state index contributed by atoms with van der Waals surface area (Å²) in [5.74, 6) is 0.818. The van der Waals surface area contributed by atoms with Crippen molar-refractivity contribution in [2.24, 2.45) is 5.92 Å². The van der Waals surface area contributed by atoms with Crippen LogP contribution in [0.3, 0.4) is 0 Å². The van der Waals surface area contributed by atoms with E-state index in [0.29, 0.717) is 17.3 Å². The maximum atomic E-state index is 12.2. The summed E-state index contributed by atoms with van der Waals surface area (Å²) in [6, 6.07) is 5.91. The molecule has 3 heteroatoms. The molecule has 0 atom stereocenters. The lowest BCUT2D eigenvalue weighted by Gasteiger charge is -2.28. The van der Waals surface area contributed by atoms with Crippen molar-refractivity contribution in [3.05, 3.63) is 29.3 Å². The fourth-order valence-corrected chi connectivity index (χ4v) is 2.84. The minimum atomic E-state index is -0.0267. The van der Waals surface area contributed by atoms with Crippen molar-refractivity contribution in [3.8, 4) is 0 Å². The molecule has 1 aliphatic rings. The number of hydrogen-bond donors (Lipinski definition) is 2. The van der Waals surface area contributed by atoms with Crippen molar-refractivity contribution < 1.29 is 4.79 Å². The van der Waals surface area contributed by atoms with E-state index < -0.39 is 0 Å². The number of benzene rings is 1. The van der Waals surface area contributed by atoms with E-state index in [2.05, 4.69) is 12.2 Å². The van der Waals surface area contributed by atoms with E-state index >= 15 is 0 Å². The van der Waals surface area contributed by atoms with Gasteiger partial charge in [-0.1, -0.05) is 25.0 Å². The average molecular weight is 260 g/mol. The van der Waals surface area contributed by atoms with Gasteiger partial charge in [-0.15, -0.1) is 0 Å². The Balaban J connectivity index is 1.96. The second kappa shape index (κ2) is 6.09. The summed E-state index contributed by atoms with van der Waals surface area (Å²) in [4.78, 5) is 12.2. The molecule has 1 aromatic rings. The van der Waals surface area contributed by atoms with E-state index in [0.717, 1.165) is 24.3 Å². The predicted octanol–water partition coefficient (Wildman–Crippen LogP) is 3.28. The third-order valence-electron chi connectivity index (χ3n) is 4.21. The van der Waals surface area contributed by atoms with E-state index in [1.807, 2.05) is 19.1 Å². The topological polar surface area (TPSA) is 55.1 Å². The van der Waals surface area contributed by atoms with E-state index in [9.17, 15) is 4.79 Å². The average Bonchev–Trinajstić information content (AvgIpc) is 2.42. The normalized spacial score (nSPS) is 23.1. The first-order valence-corrected chi connectivity index (χ1v) is 7.27. The lowest BCUT2D eigenvalue weighted by atomic mass is 9.84. The molecule has 0 spiro atoms. The SMILES string of the molecule is CCC1CCC(NC(=O)c2cc(C)ccc2N)CC1. The lowest BCUT2D eigenvalue weighted by Crippen LogP contribution is -2.37. The Morgan fingerprint density at radius 2 is 2.00 bits per heavy atom. The van der Waals surface area contributed by atoms with Crippen molar-refractivity contribution in [1.29, 1.82) is 0 Å². The molecule has 1 saturated carbocycles. The number of nitrogen functional groups attached to an aromatic ring is 1. The Kier molecular flexibility index (Phi) is 4.46. The van der Waals surface area contributed by atoms with E-state index in [1.165, 1.54) is 19.3 Å². The number of nitrogens with two attached hydrogens (primary N) is 1. The molecule has 0 unspecified atom stereocenters. The Morgan fingerprint density at radius 3 is 2.63 bits per heavy atom. The van der Waals surface area contributed by atoms with Crippen LogP contribution in [0.2, 0.25) is 0 Å². The number of carbonyl (C=O) groups is 1. The van der Waals surface area contributed by atoms with Gasteiger partial charge in [-0.25, -0.2) is 0 Å². The molecule has 19 heavy (non-hydrogen) atoms. The van der Waals surface area contributed by atoms with Gasteiger partial charge in [0.25, 0.3) is 5.91 Å². The molecule has 2 rings (SSSR count). The Morgan fingerprint density at radius 1 is 1.32 bits per heavy atom. The van der Waals surface area contributed by atoms with Crippen molar-refractivity contribution in [2.45, 2.75) is 52.0 Å². The maximum Gasteiger partial charge on any atom is 0.253 e. The fraction of sp³-hybridized carbons (Fsp3) is 0.562. The number of amides is 1. The predicted molar refractivity (Wildman–Crippen MR) is 79.1 cm³/mol. The molecule has 0 bridgehead atoms. The van der Waals surface area contributed by atoms with Gasteiger partial charge in [-0.2, -0.15) is 0 Å². The Bertz CT molecular complexity index is 448. The summed E-state index contributed by atoms with van der Waals surface area (Å²) in [6.45, 7) is 4.22. The first kappa shape index (κ1) is 13.9. The molecule has 1 aromatic carbocycles. The molecule has 104 valence electrons. The van der Waals surface area contributed by atoms with Crippen LogP contribution in [0.4, 0.5) is 5.69 Å². The molecule has 1 aliphatic carbocycles. The third kappa shape index (κ3) is 3.49. The first-order chi connectivity index (χ1) is 9.10. The van der Waals surface area contributed by atoms with Crippen LogP contribution < -0.4 is 11.1 Å². The largest absolute Gasteiger partial charge is 0.398 e. The molecule has 0 saturated heterocycles. The van der Waals surface area contributed by atoms with Gasteiger partial charge in [0.15, 0.2) is 0 Å². The highest BCUT2D eigenvalue weighted by molar-refractivity contribution is 5.99. The highest BCUT2D eigenvalue weighted by Crippen LogP contribution is 2.26. The van der Waals surface area contributed by atoms with Gasteiger partial charge in [-0.05, 0) is 50.7 Å². The summed E-state index contributed by atoms with van der Waals surface area (Å²) in [5, 5.41) is 3.13. The fourth-order valence-electron chi connectivity index (χ4n) is 2.84. The third-order valence-corrected chi connectivity index (χ3v) is 4.21. The minimum Gasteiger partial charge on any atom is -0.398 e. The Hall–Kier alpha value is -1.51. The number of nitrogens with one attached hydrogen (secondary N) is 1. The second-order valence-electron chi connectivity index (χ2n) is 5.69. The first-order valence-electron chi connectivity index (χ1n) is 7.27. The maximum absolute atomic E-state index is 12.2. The summed E-state index contributed by atoms with van der Waals surface area (Å²) >= 11 is 0. The molecule has 0 aliphatic heterocycles. The molecule has 3 N–H and O–H groups in total. The van der Waals surface area contributed by atoms with Gasteiger partial charge in [0, 0.05) is 11.7 Å². The zero-order valence-corrected chi connectivity index (χ0v) is 11.9. The van der Waals surface area contributed by atoms with Crippen molar-refractivity contribution in [2.75, 3.05) is 5.73 Å². The van der Waals surface area contributed by atoms with E-state index in [-0.39, 0.29) is 5.91 Å². The number of aryl methyl sites for hydroxylation is 1. The van der Waals surface area contributed by atoms with Gasteiger partial charge < -0.3 is 11.1 Å². The van der Waals surface area contributed by atoms with Crippen LogP contribution in [-0.2, 0) is 0 Å². The molecular weight excluding hydrogens is 236 g/mol. The molecule has 3 nitrogen and oxygen atoms in total. The van der Waals surface area contributed by atoms with Gasteiger partial charge in [0.1, 0.15) is 0 Å². The monoisotopic (exact) mass is 260 g/mol. The minimum absolute atomic E-state index is 0.0267. The van der Waals surface area contributed by atoms with Crippen molar-refractivity contribution in [1.82, 2.24) is 5.32 Å². The number of anilines is 1. The highest BCUT2D eigenvalue weighted by Gasteiger charge is 2.22.